The van der Waals surface area contributed by atoms with Gasteiger partial charge >= 0.3 is 4.83 Å². The molecule has 2 unspecified atom stereocenters. The monoisotopic (exact) mass is 244 g/mol. The van der Waals surface area contributed by atoms with Gasteiger partial charge in [-0.25, -0.2) is 0 Å². The molecule has 1 fully saturated rings. The lowest BCUT2D eigenvalue weighted by Gasteiger charge is -2.37. The summed E-state index contributed by atoms with van der Waals surface area (Å²) in [6.07, 6.45) is 0.476. The molecule has 0 radical (unpaired) electrons. The van der Waals surface area contributed by atoms with Crippen molar-refractivity contribution in [3.63, 3.8) is 0 Å². The van der Waals surface area contributed by atoms with E-state index in [4.69, 9.17) is 4.74 Å². The van der Waals surface area contributed by atoms with Crippen LogP contribution in [0.4, 0.5) is 8.78 Å². The molecule has 1 N–H and O–H groups in total. The Morgan fingerprint density at radius 1 is 1.67 bits per heavy atom. The van der Waals surface area contributed by atoms with Crippen LogP contribution in [0.25, 0.3) is 0 Å². The fourth-order valence-electron chi connectivity index (χ4n) is 1.10. The summed E-state index contributed by atoms with van der Waals surface area (Å²) in [6.45, 7) is 1.48. The van der Waals surface area contributed by atoms with Crippen LogP contribution in [0.1, 0.15) is 19.8 Å². The van der Waals surface area contributed by atoms with E-state index in [0.717, 1.165) is 0 Å². The molecule has 0 bridgehead atoms. The average molecular weight is 245 g/mol. The van der Waals surface area contributed by atoms with E-state index < -0.39 is 10.4 Å². The van der Waals surface area contributed by atoms with Crippen molar-refractivity contribution in [2.75, 3.05) is 6.61 Å². The Balaban J connectivity index is 2.62. The lowest BCUT2D eigenvalue weighted by molar-refractivity contribution is -0.190. The number of aliphatic hydroxyl groups is 1. The van der Waals surface area contributed by atoms with E-state index in [1.165, 1.54) is 0 Å². The van der Waals surface area contributed by atoms with Crippen LogP contribution in [0.5, 0.6) is 0 Å². The Hall–Kier alpha value is 0.260. The second kappa shape index (κ2) is 3.20. The second-order valence-electron chi connectivity index (χ2n) is 3.19. The van der Waals surface area contributed by atoms with Crippen LogP contribution in [0.2, 0.25) is 0 Å². The van der Waals surface area contributed by atoms with Gasteiger partial charge in [0.2, 0.25) is 0 Å². The summed E-state index contributed by atoms with van der Waals surface area (Å²) in [6, 6.07) is 0. The minimum Gasteiger partial charge on any atom is -0.380 e. The van der Waals surface area contributed by atoms with Crippen LogP contribution in [0.15, 0.2) is 0 Å². The van der Waals surface area contributed by atoms with Gasteiger partial charge in [0.1, 0.15) is 0 Å². The summed E-state index contributed by atoms with van der Waals surface area (Å²) in [4.78, 5) is -3.26. The maximum atomic E-state index is 12.7. The predicted molar refractivity (Wildman–Crippen MR) is 43.5 cm³/mol. The molecule has 12 heavy (non-hydrogen) atoms. The molecule has 72 valence electrons. The van der Waals surface area contributed by atoms with Crippen molar-refractivity contribution in [2.45, 2.75) is 36.3 Å². The highest BCUT2D eigenvalue weighted by molar-refractivity contribution is 9.10. The Labute approximate surface area is 78.0 Å². The van der Waals surface area contributed by atoms with Crippen molar-refractivity contribution in [3.8, 4) is 0 Å². The van der Waals surface area contributed by atoms with Gasteiger partial charge in [0.15, 0.2) is 5.60 Å². The van der Waals surface area contributed by atoms with E-state index in [-0.39, 0.29) is 19.1 Å². The molecule has 0 aromatic carbocycles. The van der Waals surface area contributed by atoms with Crippen LogP contribution in [-0.2, 0) is 4.74 Å². The number of hydrogen-bond acceptors (Lipinski definition) is 2. The zero-order valence-electron chi connectivity index (χ0n) is 6.69. The molecule has 1 heterocycles. The fourth-order valence-corrected chi connectivity index (χ4v) is 1.41. The molecular weight excluding hydrogens is 234 g/mol. The van der Waals surface area contributed by atoms with E-state index >= 15 is 0 Å². The van der Waals surface area contributed by atoms with Crippen LogP contribution < -0.4 is 0 Å². The molecule has 0 amide bonds. The molecule has 2 nitrogen and oxygen atoms in total. The number of alkyl halides is 3. The standard InChI is InChI=1S/C7H11BrF2O2/c1-5-2-3-6(11,4-12-5)7(8,9)10/h5,11H,2-4H2,1H3. The minimum absolute atomic E-state index is 0.0416. The first-order chi connectivity index (χ1) is 5.35. The van der Waals surface area contributed by atoms with E-state index in [1.54, 1.807) is 6.92 Å². The van der Waals surface area contributed by atoms with Crippen molar-refractivity contribution in [1.82, 2.24) is 0 Å². The Morgan fingerprint density at radius 2 is 2.25 bits per heavy atom. The van der Waals surface area contributed by atoms with Crippen molar-refractivity contribution in [2.24, 2.45) is 0 Å². The van der Waals surface area contributed by atoms with E-state index in [9.17, 15) is 13.9 Å². The SMILES string of the molecule is CC1CCC(O)(C(F)(F)Br)CO1. The molecule has 5 heteroatoms. The first-order valence-corrected chi connectivity index (χ1v) is 4.55. The summed E-state index contributed by atoms with van der Waals surface area (Å²) in [7, 11) is 0. The summed E-state index contributed by atoms with van der Waals surface area (Å²) >= 11 is 2.15. The van der Waals surface area contributed by atoms with Crippen molar-refractivity contribution in [3.05, 3.63) is 0 Å². The van der Waals surface area contributed by atoms with Crippen LogP contribution >= 0.6 is 15.9 Å². The summed E-state index contributed by atoms with van der Waals surface area (Å²) in [5.74, 6) is 0. The first-order valence-electron chi connectivity index (χ1n) is 3.76. The van der Waals surface area contributed by atoms with Gasteiger partial charge < -0.3 is 9.84 Å². The molecule has 0 aliphatic carbocycles. The number of halogens is 3. The van der Waals surface area contributed by atoms with E-state index in [0.29, 0.717) is 6.42 Å². The van der Waals surface area contributed by atoms with Gasteiger partial charge in [0.25, 0.3) is 0 Å². The molecule has 1 aliphatic heterocycles. The van der Waals surface area contributed by atoms with E-state index in [2.05, 4.69) is 15.9 Å². The van der Waals surface area contributed by atoms with E-state index in [1.807, 2.05) is 0 Å². The molecule has 0 spiro atoms. The average Bonchev–Trinajstić information content (AvgIpc) is 1.93. The number of hydrogen-bond donors (Lipinski definition) is 1. The van der Waals surface area contributed by atoms with Crippen molar-refractivity contribution < 1.29 is 18.6 Å². The fraction of sp³-hybridized carbons (Fsp3) is 1.00. The zero-order valence-corrected chi connectivity index (χ0v) is 8.27. The van der Waals surface area contributed by atoms with Gasteiger partial charge in [-0.15, -0.1) is 0 Å². The summed E-state index contributed by atoms with van der Waals surface area (Å²) < 4.78 is 30.4. The highest BCUT2D eigenvalue weighted by Crippen LogP contribution is 2.40. The quantitative estimate of drug-likeness (QED) is 0.715. The van der Waals surface area contributed by atoms with Crippen molar-refractivity contribution in [1.29, 1.82) is 0 Å². The van der Waals surface area contributed by atoms with Gasteiger partial charge in [0, 0.05) is 0 Å². The zero-order chi connectivity index (χ0) is 9.41. The van der Waals surface area contributed by atoms with Crippen LogP contribution in [-0.4, -0.2) is 28.3 Å². The van der Waals surface area contributed by atoms with Crippen LogP contribution in [0.3, 0.4) is 0 Å². The maximum Gasteiger partial charge on any atom is 0.331 e. The Kier molecular flexibility index (Phi) is 2.75. The van der Waals surface area contributed by atoms with Gasteiger partial charge in [-0.1, -0.05) is 0 Å². The molecule has 1 saturated heterocycles. The Bertz CT molecular complexity index is 161. The number of rotatable bonds is 1. The van der Waals surface area contributed by atoms with Crippen molar-refractivity contribution >= 4 is 15.9 Å². The summed E-state index contributed by atoms with van der Waals surface area (Å²) in [5, 5.41) is 9.40. The molecule has 0 saturated carbocycles. The topological polar surface area (TPSA) is 29.5 Å². The minimum atomic E-state index is -3.26. The third kappa shape index (κ3) is 1.95. The van der Waals surface area contributed by atoms with Gasteiger partial charge in [-0.05, 0) is 35.7 Å². The molecular formula is C7H11BrF2O2. The third-order valence-electron chi connectivity index (χ3n) is 2.10. The third-order valence-corrected chi connectivity index (χ3v) is 2.84. The largest absolute Gasteiger partial charge is 0.380 e. The lowest BCUT2D eigenvalue weighted by atomic mass is 9.94. The van der Waals surface area contributed by atoms with Gasteiger partial charge in [-0.3, -0.25) is 0 Å². The van der Waals surface area contributed by atoms with Gasteiger partial charge in [0.05, 0.1) is 12.7 Å². The first kappa shape index (κ1) is 10.3. The normalized spacial score (nSPS) is 38.2. The summed E-state index contributed by atoms with van der Waals surface area (Å²) in [5.41, 5.74) is -2.04. The number of ether oxygens (including phenoxy) is 1. The Morgan fingerprint density at radius 3 is 2.58 bits per heavy atom. The molecule has 0 aromatic heterocycles. The highest BCUT2D eigenvalue weighted by Gasteiger charge is 2.52. The smallest absolute Gasteiger partial charge is 0.331 e. The second-order valence-corrected chi connectivity index (χ2v) is 4.19. The predicted octanol–water partition coefficient (Wildman–Crippen LogP) is 1.90. The molecule has 1 aliphatic rings. The molecule has 2 atom stereocenters. The maximum absolute atomic E-state index is 12.7. The molecule has 0 aromatic rings. The van der Waals surface area contributed by atoms with Gasteiger partial charge in [-0.2, -0.15) is 8.78 Å². The lowest BCUT2D eigenvalue weighted by Crippen LogP contribution is -2.51. The highest BCUT2D eigenvalue weighted by atomic mass is 79.9. The van der Waals surface area contributed by atoms with Crippen LogP contribution in [0, 0.1) is 0 Å². The molecule has 1 rings (SSSR count).